The Hall–Kier alpha value is -7.01. The highest BCUT2D eigenvalue weighted by Gasteiger charge is 2.18. The van der Waals surface area contributed by atoms with Crippen molar-refractivity contribution in [1.29, 1.82) is 0 Å². The first-order valence-corrected chi connectivity index (χ1v) is 19.4. The van der Waals surface area contributed by atoms with Crippen LogP contribution in [0.4, 0.5) is 17.1 Å². The van der Waals surface area contributed by atoms with Crippen LogP contribution in [0, 0.1) is 0 Å². The molecule has 55 heavy (non-hydrogen) atoms. The molecular weight excluding hydrogens is 687 g/mol. The average molecular weight is 720 g/mol. The number of hydrogen-bond donors (Lipinski definition) is 0. The molecule has 258 valence electrons. The lowest BCUT2D eigenvalue weighted by Gasteiger charge is -2.26. The first kappa shape index (κ1) is 31.5. The highest BCUT2D eigenvalue weighted by Crippen LogP contribution is 2.42. The summed E-state index contributed by atoms with van der Waals surface area (Å²) in [6.07, 6.45) is 3.86. The molecule has 0 N–H and O–H groups in total. The fraction of sp³-hybridized carbons (Fsp3) is 0. The number of thiophene rings is 1. The van der Waals surface area contributed by atoms with Crippen LogP contribution < -0.4 is 4.90 Å². The molecule has 0 aliphatic rings. The number of pyridine rings is 1. The fourth-order valence-corrected chi connectivity index (χ4v) is 9.47. The molecule has 0 spiro atoms. The number of anilines is 3. The molecular formula is C51H33N3S. The largest absolute Gasteiger partial charge is 0.310 e. The van der Waals surface area contributed by atoms with Gasteiger partial charge in [-0.2, -0.15) is 0 Å². The van der Waals surface area contributed by atoms with Gasteiger partial charge in [0, 0.05) is 71.5 Å². The molecule has 0 radical (unpaired) electrons. The van der Waals surface area contributed by atoms with Crippen LogP contribution in [0.2, 0.25) is 0 Å². The van der Waals surface area contributed by atoms with Crippen molar-refractivity contribution in [3.05, 3.63) is 200 Å². The van der Waals surface area contributed by atoms with E-state index in [0.717, 1.165) is 22.7 Å². The zero-order valence-corrected chi connectivity index (χ0v) is 30.6. The van der Waals surface area contributed by atoms with Crippen LogP contribution in [0.25, 0.3) is 80.7 Å². The first-order chi connectivity index (χ1) is 27.3. The normalized spacial score (nSPS) is 11.6. The monoisotopic (exact) mass is 719 g/mol. The van der Waals surface area contributed by atoms with E-state index in [-0.39, 0.29) is 0 Å². The third-order valence-corrected chi connectivity index (χ3v) is 12.1. The lowest BCUT2D eigenvalue weighted by molar-refractivity contribution is 1.18. The van der Waals surface area contributed by atoms with Crippen molar-refractivity contribution in [2.45, 2.75) is 0 Å². The van der Waals surface area contributed by atoms with Crippen molar-refractivity contribution in [2.75, 3.05) is 4.90 Å². The Labute approximate surface area is 322 Å². The maximum absolute atomic E-state index is 4.43. The van der Waals surface area contributed by atoms with E-state index in [1.165, 1.54) is 75.0 Å². The molecule has 3 aromatic heterocycles. The topological polar surface area (TPSA) is 21.1 Å². The molecule has 0 aliphatic heterocycles. The second kappa shape index (κ2) is 12.8. The SMILES string of the molecule is c1ccc(-c2ccc(N(c3ccc(-c4ccc5c(c4)sc4c6cnccc6ccc54)cc3)c3ccc4c5ccccc5n(-c5ccccc5)c4c3)cc2)cc1. The van der Waals surface area contributed by atoms with Crippen LogP contribution in [-0.4, -0.2) is 9.55 Å². The van der Waals surface area contributed by atoms with E-state index in [1.54, 1.807) is 0 Å². The Morgan fingerprint density at radius 2 is 1.02 bits per heavy atom. The molecule has 0 amide bonds. The molecule has 3 nitrogen and oxygen atoms in total. The molecule has 11 aromatic rings. The van der Waals surface area contributed by atoms with E-state index >= 15 is 0 Å². The number of benzene rings is 8. The Morgan fingerprint density at radius 1 is 0.418 bits per heavy atom. The molecule has 3 heterocycles. The highest BCUT2D eigenvalue weighted by atomic mass is 32.1. The molecule has 0 saturated carbocycles. The fourth-order valence-electron chi connectivity index (χ4n) is 8.21. The third-order valence-electron chi connectivity index (χ3n) is 10.9. The van der Waals surface area contributed by atoms with Crippen LogP contribution in [0.1, 0.15) is 0 Å². The molecule has 0 fully saturated rings. The van der Waals surface area contributed by atoms with Gasteiger partial charge >= 0.3 is 0 Å². The van der Waals surface area contributed by atoms with E-state index in [0.29, 0.717) is 0 Å². The number of aromatic nitrogens is 2. The summed E-state index contributed by atoms with van der Waals surface area (Å²) in [5, 5.41) is 7.51. The van der Waals surface area contributed by atoms with Gasteiger partial charge in [0.2, 0.25) is 0 Å². The van der Waals surface area contributed by atoms with Crippen LogP contribution in [-0.2, 0) is 0 Å². The molecule has 0 atom stereocenters. The van der Waals surface area contributed by atoms with E-state index < -0.39 is 0 Å². The molecule has 0 saturated heterocycles. The van der Waals surface area contributed by atoms with E-state index in [1.807, 2.05) is 23.7 Å². The van der Waals surface area contributed by atoms with Gasteiger partial charge in [-0.05, 0) is 94.4 Å². The van der Waals surface area contributed by atoms with Crippen molar-refractivity contribution in [2.24, 2.45) is 0 Å². The van der Waals surface area contributed by atoms with Gasteiger partial charge in [-0.25, -0.2) is 0 Å². The Kier molecular flexibility index (Phi) is 7.35. The zero-order valence-electron chi connectivity index (χ0n) is 29.8. The summed E-state index contributed by atoms with van der Waals surface area (Å²) in [5.41, 5.74) is 11.6. The number of hydrogen-bond acceptors (Lipinski definition) is 3. The predicted octanol–water partition coefficient (Wildman–Crippen LogP) is 14.5. The molecule has 11 rings (SSSR count). The maximum Gasteiger partial charge on any atom is 0.0561 e. The minimum Gasteiger partial charge on any atom is -0.310 e. The highest BCUT2D eigenvalue weighted by molar-refractivity contribution is 7.26. The smallest absolute Gasteiger partial charge is 0.0561 e. The number of fused-ring (bicyclic) bond motifs is 8. The molecule has 0 aliphatic carbocycles. The van der Waals surface area contributed by atoms with Crippen molar-refractivity contribution in [3.63, 3.8) is 0 Å². The summed E-state index contributed by atoms with van der Waals surface area (Å²) in [6.45, 7) is 0. The summed E-state index contributed by atoms with van der Waals surface area (Å²) >= 11 is 1.85. The summed E-state index contributed by atoms with van der Waals surface area (Å²) in [6, 6.07) is 68.2. The number of nitrogens with zero attached hydrogens (tertiary/aromatic N) is 3. The van der Waals surface area contributed by atoms with Crippen molar-refractivity contribution < 1.29 is 0 Å². The summed E-state index contributed by atoms with van der Waals surface area (Å²) in [4.78, 5) is 6.80. The average Bonchev–Trinajstić information content (AvgIpc) is 3.80. The lowest BCUT2D eigenvalue weighted by atomic mass is 10.0. The van der Waals surface area contributed by atoms with Crippen LogP contribution in [0.15, 0.2) is 200 Å². The van der Waals surface area contributed by atoms with Gasteiger partial charge in [0.15, 0.2) is 0 Å². The second-order valence-corrected chi connectivity index (χ2v) is 15.1. The Bertz CT molecular complexity index is 3180. The van der Waals surface area contributed by atoms with Crippen molar-refractivity contribution >= 4 is 81.1 Å². The minimum atomic E-state index is 1.10. The second-order valence-electron chi connectivity index (χ2n) is 14.0. The van der Waals surface area contributed by atoms with Gasteiger partial charge < -0.3 is 9.47 Å². The molecule has 8 aromatic carbocycles. The lowest BCUT2D eigenvalue weighted by Crippen LogP contribution is -2.10. The third kappa shape index (κ3) is 5.30. The summed E-state index contributed by atoms with van der Waals surface area (Å²) in [7, 11) is 0. The van der Waals surface area contributed by atoms with Crippen molar-refractivity contribution in [3.8, 4) is 27.9 Å². The molecule has 0 bridgehead atoms. The first-order valence-electron chi connectivity index (χ1n) is 18.6. The Balaban J connectivity index is 1.04. The van der Waals surface area contributed by atoms with Gasteiger partial charge in [-0.1, -0.05) is 121 Å². The van der Waals surface area contributed by atoms with Crippen molar-refractivity contribution in [1.82, 2.24) is 9.55 Å². The minimum absolute atomic E-state index is 1.10. The van der Waals surface area contributed by atoms with Gasteiger partial charge in [-0.15, -0.1) is 11.3 Å². The quantitative estimate of drug-likeness (QED) is 0.171. The van der Waals surface area contributed by atoms with Gasteiger partial charge in [-0.3, -0.25) is 4.98 Å². The van der Waals surface area contributed by atoms with Gasteiger partial charge in [0.25, 0.3) is 0 Å². The molecule has 4 heteroatoms. The maximum atomic E-state index is 4.43. The van der Waals surface area contributed by atoms with Crippen LogP contribution in [0.3, 0.4) is 0 Å². The number of rotatable bonds is 6. The van der Waals surface area contributed by atoms with Gasteiger partial charge in [0.1, 0.15) is 0 Å². The van der Waals surface area contributed by atoms with Crippen LogP contribution in [0.5, 0.6) is 0 Å². The summed E-state index contributed by atoms with van der Waals surface area (Å²) < 4.78 is 4.97. The van der Waals surface area contributed by atoms with E-state index in [9.17, 15) is 0 Å². The number of para-hydroxylation sites is 2. The van der Waals surface area contributed by atoms with E-state index in [4.69, 9.17) is 0 Å². The van der Waals surface area contributed by atoms with Gasteiger partial charge in [0.05, 0.1) is 11.0 Å². The standard InChI is InChI=1S/C51H33N3S/c1-3-9-34(10-4-1)35-15-21-40(22-16-35)53(42-25-28-44-43-13-7-8-14-48(43)54(49(44)32-42)39-11-5-2-6-12-39)41-23-17-36(18-24-41)38-20-26-45-46-27-19-37-29-30-52-33-47(37)51(46)55-50(45)31-38/h1-33H. The predicted molar refractivity (Wildman–Crippen MR) is 235 cm³/mol. The molecule has 0 unspecified atom stereocenters. The zero-order chi connectivity index (χ0) is 36.3. The summed E-state index contributed by atoms with van der Waals surface area (Å²) in [5.74, 6) is 0. The van der Waals surface area contributed by atoms with E-state index in [2.05, 4.69) is 203 Å². The van der Waals surface area contributed by atoms with Crippen LogP contribution >= 0.6 is 11.3 Å². The Morgan fingerprint density at radius 3 is 1.80 bits per heavy atom.